The maximum atomic E-state index is 12.4. The first-order chi connectivity index (χ1) is 15.3. The fraction of sp³-hybridized carbons (Fsp3) is 0.304. The molecule has 0 atom stereocenters. The average molecular weight is 455 g/mol. The van der Waals surface area contributed by atoms with Crippen LogP contribution in [0.15, 0.2) is 53.3 Å². The number of benzene rings is 2. The summed E-state index contributed by atoms with van der Waals surface area (Å²) in [5.41, 5.74) is 2.14. The first kappa shape index (κ1) is 21.8. The Labute approximate surface area is 190 Å². The Bertz CT molecular complexity index is 1220. The third-order valence-electron chi connectivity index (χ3n) is 5.52. The Hall–Kier alpha value is -3.39. The van der Waals surface area contributed by atoms with Gasteiger partial charge in [-0.05, 0) is 38.1 Å². The summed E-state index contributed by atoms with van der Waals surface area (Å²) in [6.45, 7) is 5.07. The van der Waals surface area contributed by atoms with Crippen LogP contribution in [0.25, 0.3) is 5.69 Å². The molecule has 4 rings (SSSR count). The molecule has 3 aromatic rings. The fourth-order valence-corrected chi connectivity index (χ4v) is 4.32. The third-order valence-corrected chi connectivity index (χ3v) is 5.82. The summed E-state index contributed by atoms with van der Waals surface area (Å²) in [6.07, 6.45) is 1.51. The molecule has 0 N–H and O–H groups in total. The molecule has 2 heterocycles. The Morgan fingerprint density at radius 1 is 1.12 bits per heavy atom. The van der Waals surface area contributed by atoms with Crippen LogP contribution in [0.3, 0.4) is 0 Å². The summed E-state index contributed by atoms with van der Waals surface area (Å²) in [6, 6.07) is 13.3. The maximum Gasteiger partial charge on any atom is 0.273 e. The van der Waals surface area contributed by atoms with Crippen molar-refractivity contribution in [1.82, 2.24) is 9.55 Å². The monoisotopic (exact) mass is 454 g/mol. The Balaban J connectivity index is 1.45. The van der Waals surface area contributed by atoms with Crippen LogP contribution in [-0.4, -0.2) is 33.7 Å². The first-order valence-corrected chi connectivity index (χ1v) is 10.7. The van der Waals surface area contributed by atoms with E-state index in [4.69, 9.17) is 16.3 Å². The minimum atomic E-state index is -0.427. The first-order valence-electron chi connectivity index (χ1n) is 10.3. The molecule has 0 saturated carbocycles. The van der Waals surface area contributed by atoms with Gasteiger partial charge in [0.25, 0.3) is 11.2 Å². The molecular formula is C23H23ClN4O4. The molecule has 1 aliphatic rings. The molecule has 9 heteroatoms. The molecule has 2 aromatic carbocycles. The van der Waals surface area contributed by atoms with Gasteiger partial charge >= 0.3 is 0 Å². The van der Waals surface area contributed by atoms with Gasteiger partial charge in [0.05, 0.1) is 27.4 Å². The zero-order valence-electron chi connectivity index (χ0n) is 17.8. The average Bonchev–Trinajstić information content (AvgIpc) is 2.74. The van der Waals surface area contributed by atoms with Gasteiger partial charge < -0.3 is 9.64 Å². The highest BCUT2D eigenvalue weighted by atomic mass is 35.5. The van der Waals surface area contributed by atoms with Gasteiger partial charge in [-0.2, -0.15) is 0 Å². The largest absolute Gasteiger partial charge is 0.490 e. The Morgan fingerprint density at radius 3 is 2.53 bits per heavy atom. The van der Waals surface area contributed by atoms with Gasteiger partial charge in [0.1, 0.15) is 17.7 Å². The van der Waals surface area contributed by atoms with Crippen molar-refractivity contribution >= 4 is 23.0 Å². The Kier molecular flexibility index (Phi) is 6.14. The predicted molar refractivity (Wildman–Crippen MR) is 123 cm³/mol. The summed E-state index contributed by atoms with van der Waals surface area (Å²) in [7, 11) is 0. The highest BCUT2D eigenvalue weighted by molar-refractivity contribution is 6.33. The molecule has 1 aromatic heterocycles. The van der Waals surface area contributed by atoms with Crippen LogP contribution < -0.4 is 15.2 Å². The molecule has 166 valence electrons. The molecule has 1 fully saturated rings. The van der Waals surface area contributed by atoms with E-state index in [1.54, 1.807) is 36.6 Å². The van der Waals surface area contributed by atoms with Crippen LogP contribution in [0.1, 0.15) is 24.4 Å². The van der Waals surface area contributed by atoms with Gasteiger partial charge in [-0.1, -0.05) is 17.7 Å². The number of halogens is 1. The van der Waals surface area contributed by atoms with Gasteiger partial charge in [-0.25, -0.2) is 4.98 Å². The maximum absolute atomic E-state index is 12.4. The standard InChI is InChI=1S/C23H23ClN4O4/c1-15-12-23(29)27(16(2)25-15)17-6-7-22(21(24)14-17)26-10-8-19(9-11-26)32-20-5-3-4-18(13-20)28(30)31/h3-7,12-14,19H,8-11H2,1-2H3. The van der Waals surface area contributed by atoms with E-state index in [9.17, 15) is 14.9 Å². The minimum absolute atomic E-state index is 0.0185. The number of nitro benzene ring substituents is 1. The number of rotatable bonds is 5. The Morgan fingerprint density at radius 2 is 1.88 bits per heavy atom. The number of piperidine rings is 1. The van der Waals surface area contributed by atoms with E-state index >= 15 is 0 Å². The molecule has 1 saturated heterocycles. The second-order valence-corrected chi connectivity index (χ2v) is 8.22. The zero-order valence-corrected chi connectivity index (χ0v) is 18.6. The molecule has 0 radical (unpaired) electrons. The van der Waals surface area contributed by atoms with Gasteiger partial charge in [0, 0.05) is 43.8 Å². The van der Waals surface area contributed by atoms with Gasteiger partial charge in [0.15, 0.2) is 0 Å². The quantitative estimate of drug-likeness (QED) is 0.417. The van der Waals surface area contributed by atoms with Crippen molar-refractivity contribution in [1.29, 1.82) is 0 Å². The number of anilines is 1. The van der Waals surface area contributed by atoms with Crippen LogP contribution in [0.2, 0.25) is 5.02 Å². The van der Waals surface area contributed by atoms with Crippen molar-refractivity contribution in [2.24, 2.45) is 0 Å². The predicted octanol–water partition coefficient (Wildman–Crippen LogP) is 4.46. The van der Waals surface area contributed by atoms with Crippen molar-refractivity contribution < 1.29 is 9.66 Å². The third kappa shape index (κ3) is 4.60. The van der Waals surface area contributed by atoms with E-state index in [0.717, 1.165) is 31.6 Å². The van der Waals surface area contributed by atoms with Crippen molar-refractivity contribution in [3.8, 4) is 11.4 Å². The summed E-state index contributed by atoms with van der Waals surface area (Å²) in [5.74, 6) is 1.12. The van der Waals surface area contributed by atoms with Crippen molar-refractivity contribution in [2.75, 3.05) is 18.0 Å². The summed E-state index contributed by atoms with van der Waals surface area (Å²) in [4.78, 5) is 29.5. The second-order valence-electron chi connectivity index (χ2n) is 7.81. The lowest BCUT2D eigenvalue weighted by Crippen LogP contribution is -2.38. The SMILES string of the molecule is Cc1cc(=O)n(-c2ccc(N3CCC(Oc4cccc([N+](=O)[O-])c4)CC3)c(Cl)c2)c(C)n1. The van der Waals surface area contributed by atoms with Crippen molar-refractivity contribution in [3.63, 3.8) is 0 Å². The number of aryl methyl sites for hydroxylation is 2. The number of aromatic nitrogens is 2. The van der Waals surface area contributed by atoms with Crippen LogP contribution >= 0.6 is 11.6 Å². The summed E-state index contributed by atoms with van der Waals surface area (Å²) < 4.78 is 7.51. The van der Waals surface area contributed by atoms with E-state index in [0.29, 0.717) is 28.0 Å². The van der Waals surface area contributed by atoms with Crippen LogP contribution in [0.5, 0.6) is 5.75 Å². The molecular weight excluding hydrogens is 432 g/mol. The molecule has 0 aliphatic carbocycles. The smallest absolute Gasteiger partial charge is 0.273 e. The molecule has 8 nitrogen and oxygen atoms in total. The van der Waals surface area contributed by atoms with Crippen LogP contribution in [0.4, 0.5) is 11.4 Å². The number of non-ortho nitro benzene ring substituents is 1. The molecule has 0 bridgehead atoms. The molecule has 32 heavy (non-hydrogen) atoms. The number of ether oxygens (including phenoxy) is 1. The number of hydrogen-bond donors (Lipinski definition) is 0. The van der Waals surface area contributed by atoms with Crippen LogP contribution in [0, 0.1) is 24.0 Å². The van der Waals surface area contributed by atoms with Crippen molar-refractivity contribution in [2.45, 2.75) is 32.8 Å². The van der Waals surface area contributed by atoms with E-state index in [-0.39, 0.29) is 17.4 Å². The lowest BCUT2D eigenvalue weighted by atomic mass is 10.1. The summed E-state index contributed by atoms with van der Waals surface area (Å²) >= 11 is 6.59. The molecule has 0 unspecified atom stereocenters. The molecule has 0 amide bonds. The zero-order chi connectivity index (χ0) is 22.8. The van der Waals surface area contributed by atoms with E-state index in [2.05, 4.69) is 9.88 Å². The minimum Gasteiger partial charge on any atom is -0.490 e. The highest BCUT2D eigenvalue weighted by Gasteiger charge is 2.23. The van der Waals surface area contributed by atoms with E-state index in [1.165, 1.54) is 18.2 Å². The van der Waals surface area contributed by atoms with Gasteiger partial charge in [-0.15, -0.1) is 0 Å². The van der Waals surface area contributed by atoms with Gasteiger partial charge in [0.2, 0.25) is 0 Å². The number of nitrogens with zero attached hydrogens (tertiary/aromatic N) is 4. The van der Waals surface area contributed by atoms with Crippen LogP contribution in [-0.2, 0) is 0 Å². The lowest BCUT2D eigenvalue weighted by molar-refractivity contribution is -0.384. The van der Waals surface area contributed by atoms with Crippen molar-refractivity contribution in [3.05, 3.63) is 85.5 Å². The van der Waals surface area contributed by atoms with Gasteiger partial charge in [-0.3, -0.25) is 19.5 Å². The number of nitro groups is 1. The molecule has 1 aliphatic heterocycles. The fourth-order valence-electron chi connectivity index (χ4n) is 4.02. The lowest BCUT2D eigenvalue weighted by Gasteiger charge is -2.34. The normalized spacial score (nSPS) is 14.4. The second kappa shape index (κ2) is 9.00. The molecule has 0 spiro atoms. The topological polar surface area (TPSA) is 90.5 Å². The van der Waals surface area contributed by atoms with E-state index < -0.39 is 4.92 Å². The van der Waals surface area contributed by atoms with E-state index in [1.807, 2.05) is 12.1 Å². The summed E-state index contributed by atoms with van der Waals surface area (Å²) in [5, 5.41) is 11.5. The highest BCUT2D eigenvalue weighted by Crippen LogP contribution is 2.31. The number of hydrogen-bond acceptors (Lipinski definition) is 6.